The molecular weight excluding hydrogens is 456 g/mol. The normalized spacial score (nSPS) is 12.0. The lowest BCUT2D eigenvalue weighted by Gasteiger charge is -2.27. The lowest BCUT2D eigenvalue weighted by Crippen LogP contribution is -2.48. The smallest absolute Gasteiger partial charge is 0.339 e. The molecule has 0 aliphatic rings. The maximum Gasteiger partial charge on any atom is 0.339 e. The SMILES string of the molecule is CC(C)(Oc1ccc(C(=O)c2ccc(Cl)cc2)cc1)C(=O)C(N)CCOC(=O)c1cccnc1. The quantitative estimate of drug-likeness (QED) is 0.341. The first-order valence-corrected chi connectivity index (χ1v) is 11.0. The van der Waals surface area contributed by atoms with E-state index in [0.29, 0.717) is 27.5 Å². The first kappa shape index (κ1) is 25.1. The number of esters is 1. The molecule has 2 aromatic carbocycles. The summed E-state index contributed by atoms with van der Waals surface area (Å²) in [5.74, 6) is -0.606. The standard InChI is InChI=1S/C26H25ClN2O5/c1-26(2,24(31)22(28)13-15-33-25(32)19-4-3-14-29-16-19)34-21-11-7-18(8-12-21)23(30)17-5-9-20(27)10-6-17/h3-12,14,16,22H,13,15,28H2,1-2H3. The maximum absolute atomic E-state index is 12.8. The second kappa shape index (κ2) is 11.0. The lowest BCUT2D eigenvalue weighted by molar-refractivity contribution is -0.133. The molecule has 0 saturated heterocycles. The molecule has 1 atom stereocenters. The minimum Gasteiger partial charge on any atom is -0.480 e. The zero-order valence-electron chi connectivity index (χ0n) is 18.9. The number of hydrogen-bond acceptors (Lipinski definition) is 7. The van der Waals surface area contributed by atoms with Gasteiger partial charge >= 0.3 is 5.97 Å². The molecule has 8 heteroatoms. The molecule has 3 aromatic rings. The summed E-state index contributed by atoms with van der Waals surface area (Å²) in [4.78, 5) is 41.3. The molecule has 1 unspecified atom stereocenters. The van der Waals surface area contributed by atoms with E-state index in [1.807, 2.05) is 0 Å². The Labute approximate surface area is 202 Å². The van der Waals surface area contributed by atoms with E-state index in [1.165, 1.54) is 6.20 Å². The third-order valence-corrected chi connectivity index (χ3v) is 5.34. The highest BCUT2D eigenvalue weighted by atomic mass is 35.5. The summed E-state index contributed by atoms with van der Waals surface area (Å²) in [6.45, 7) is 3.21. The number of Topliss-reactive ketones (excluding diaryl/α,β-unsaturated/α-hetero) is 1. The van der Waals surface area contributed by atoms with Crippen LogP contribution in [0.15, 0.2) is 73.1 Å². The number of benzene rings is 2. The molecule has 34 heavy (non-hydrogen) atoms. The molecule has 1 aromatic heterocycles. The molecule has 0 bridgehead atoms. The number of pyridine rings is 1. The highest BCUT2D eigenvalue weighted by Gasteiger charge is 2.34. The number of nitrogens with two attached hydrogens (primary N) is 1. The number of halogens is 1. The van der Waals surface area contributed by atoms with Crippen molar-refractivity contribution in [1.29, 1.82) is 0 Å². The van der Waals surface area contributed by atoms with Gasteiger partial charge in [0.1, 0.15) is 5.75 Å². The molecular formula is C26H25ClN2O5. The van der Waals surface area contributed by atoms with Crippen molar-refractivity contribution >= 4 is 29.1 Å². The van der Waals surface area contributed by atoms with E-state index in [2.05, 4.69) is 4.98 Å². The summed E-state index contributed by atoms with van der Waals surface area (Å²) >= 11 is 5.87. The third kappa shape index (κ3) is 6.50. The van der Waals surface area contributed by atoms with Gasteiger partial charge in [0.2, 0.25) is 0 Å². The molecule has 3 rings (SSSR count). The summed E-state index contributed by atoms with van der Waals surface area (Å²) in [5.41, 5.74) is 6.12. The van der Waals surface area contributed by atoms with Crippen LogP contribution in [-0.4, -0.2) is 40.8 Å². The van der Waals surface area contributed by atoms with Crippen LogP contribution in [0, 0.1) is 0 Å². The Balaban J connectivity index is 1.54. The van der Waals surface area contributed by atoms with Crippen LogP contribution in [0.1, 0.15) is 46.5 Å². The van der Waals surface area contributed by atoms with E-state index in [0.717, 1.165) is 0 Å². The van der Waals surface area contributed by atoms with Crippen LogP contribution in [0.25, 0.3) is 0 Å². The van der Waals surface area contributed by atoms with Gasteiger partial charge in [-0.3, -0.25) is 14.6 Å². The summed E-state index contributed by atoms with van der Waals surface area (Å²) in [5, 5.41) is 0.553. The largest absolute Gasteiger partial charge is 0.480 e. The number of ether oxygens (including phenoxy) is 2. The molecule has 0 fully saturated rings. The minimum atomic E-state index is -1.23. The molecule has 0 aliphatic heterocycles. The van der Waals surface area contributed by atoms with Crippen molar-refractivity contribution in [3.63, 3.8) is 0 Å². The summed E-state index contributed by atoms with van der Waals surface area (Å²) in [6, 6.07) is 15.5. The number of ketones is 2. The first-order chi connectivity index (χ1) is 16.2. The molecule has 176 valence electrons. The number of hydrogen-bond donors (Lipinski definition) is 1. The van der Waals surface area contributed by atoms with Gasteiger partial charge in [0.25, 0.3) is 0 Å². The Morgan fingerprint density at radius 2 is 1.59 bits per heavy atom. The maximum atomic E-state index is 12.8. The first-order valence-electron chi connectivity index (χ1n) is 10.6. The van der Waals surface area contributed by atoms with Crippen LogP contribution in [0.4, 0.5) is 0 Å². The van der Waals surface area contributed by atoms with Crippen LogP contribution < -0.4 is 10.5 Å². The molecule has 0 saturated carbocycles. The van der Waals surface area contributed by atoms with Crippen molar-refractivity contribution < 1.29 is 23.9 Å². The Morgan fingerprint density at radius 3 is 2.18 bits per heavy atom. The minimum absolute atomic E-state index is 0.0157. The van der Waals surface area contributed by atoms with Crippen LogP contribution >= 0.6 is 11.6 Å². The fourth-order valence-corrected chi connectivity index (χ4v) is 3.34. The number of aromatic nitrogens is 1. The Hall–Kier alpha value is -3.55. The zero-order chi connectivity index (χ0) is 24.7. The van der Waals surface area contributed by atoms with Crippen molar-refractivity contribution in [1.82, 2.24) is 4.98 Å². The van der Waals surface area contributed by atoms with E-state index >= 15 is 0 Å². The number of nitrogens with zero attached hydrogens (tertiary/aromatic N) is 1. The van der Waals surface area contributed by atoms with Crippen molar-refractivity contribution in [2.45, 2.75) is 31.9 Å². The Bertz CT molecular complexity index is 1150. The van der Waals surface area contributed by atoms with Gasteiger partial charge in [-0.15, -0.1) is 0 Å². The molecule has 0 radical (unpaired) electrons. The monoisotopic (exact) mass is 480 g/mol. The van der Waals surface area contributed by atoms with Crippen LogP contribution in [0.3, 0.4) is 0 Å². The molecule has 1 heterocycles. The van der Waals surface area contributed by atoms with Gasteiger partial charge in [-0.1, -0.05) is 11.6 Å². The average molecular weight is 481 g/mol. The topological polar surface area (TPSA) is 109 Å². The summed E-state index contributed by atoms with van der Waals surface area (Å²) in [6.07, 6.45) is 3.10. The van der Waals surface area contributed by atoms with Gasteiger partial charge in [0.05, 0.1) is 18.2 Å². The van der Waals surface area contributed by atoms with Crippen molar-refractivity contribution in [3.05, 3.63) is 94.8 Å². The molecule has 0 aliphatic carbocycles. The van der Waals surface area contributed by atoms with Gasteiger partial charge in [-0.05, 0) is 74.5 Å². The second-order valence-corrected chi connectivity index (χ2v) is 8.55. The average Bonchev–Trinajstić information content (AvgIpc) is 2.84. The van der Waals surface area contributed by atoms with Gasteiger partial charge < -0.3 is 15.2 Å². The van der Waals surface area contributed by atoms with Gasteiger partial charge in [-0.2, -0.15) is 0 Å². The van der Waals surface area contributed by atoms with Gasteiger partial charge in [0, 0.05) is 35.0 Å². The summed E-state index contributed by atoms with van der Waals surface area (Å²) < 4.78 is 11.0. The molecule has 7 nitrogen and oxygen atoms in total. The van der Waals surface area contributed by atoms with E-state index < -0.39 is 17.6 Å². The molecule has 0 spiro atoms. The van der Waals surface area contributed by atoms with Gasteiger partial charge in [0.15, 0.2) is 17.2 Å². The fourth-order valence-electron chi connectivity index (χ4n) is 3.21. The van der Waals surface area contributed by atoms with Crippen LogP contribution in [-0.2, 0) is 9.53 Å². The second-order valence-electron chi connectivity index (χ2n) is 8.11. The third-order valence-electron chi connectivity index (χ3n) is 5.09. The number of carbonyl (C=O) groups is 3. The predicted octanol–water partition coefficient (Wildman–Crippen LogP) is 4.27. The summed E-state index contributed by atoms with van der Waals surface area (Å²) in [7, 11) is 0. The Kier molecular flexibility index (Phi) is 8.15. The fraction of sp³-hybridized carbons (Fsp3) is 0.231. The molecule has 0 amide bonds. The van der Waals surface area contributed by atoms with Gasteiger partial charge in [-0.25, -0.2) is 4.79 Å². The van der Waals surface area contributed by atoms with Crippen molar-refractivity contribution in [2.24, 2.45) is 5.73 Å². The zero-order valence-corrected chi connectivity index (χ0v) is 19.6. The lowest BCUT2D eigenvalue weighted by atomic mass is 9.95. The number of carbonyl (C=O) groups excluding carboxylic acids is 3. The van der Waals surface area contributed by atoms with E-state index in [-0.39, 0.29) is 24.6 Å². The van der Waals surface area contributed by atoms with Crippen molar-refractivity contribution in [2.75, 3.05) is 6.61 Å². The predicted molar refractivity (Wildman–Crippen MR) is 128 cm³/mol. The van der Waals surface area contributed by atoms with Crippen LogP contribution in [0.5, 0.6) is 5.75 Å². The van der Waals surface area contributed by atoms with Crippen LogP contribution in [0.2, 0.25) is 5.02 Å². The molecule has 2 N–H and O–H groups in total. The van der Waals surface area contributed by atoms with Crippen molar-refractivity contribution in [3.8, 4) is 5.75 Å². The Morgan fingerprint density at radius 1 is 0.971 bits per heavy atom. The highest BCUT2D eigenvalue weighted by molar-refractivity contribution is 6.30. The highest BCUT2D eigenvalue weighted by Crippen LogP contribution is 2.22. The van der Waals surface area contributed by atoms with E-state index in [1.54, 1.807) is 80.7 Å². The van der Waals surface area contributed by atoms with E-state index in [9.17, 15) is 14.4 Å². The number of rotatable bonds is 10. The van der Waals surface area contributed by atoms with E-state index in [4.69, 9.17) is 26.8 Å².